The van der Waals surface area contributed by atoms with E-state index in [9.17, 15) is 4.79 Å². The summed E-state index contributed by atoms with van der Waals surface area (Å²) in [4.78, 5) is 19.3. The number of amidine groups is 1. The number of thioether (sulfide) groups is 1. The van der Waals surface area contributed by atoms with Crippen LogP contribution in [-0.2, 0) is 17.8 Å². The lowest BCUT2D eigenvalue weighted by atomic mass is 10.0. The third-order valence-electron chi connectivity index (χ3n) is 4.11. The van der Waals surface area contributed by atoms with Gasteiger partial charge >= 0.3 is 0 Å². The molecule has 0 radical (unpaired) electrons. The summed E-state index contributed by atoms with van der Waals surface area (Å²) < 4.78 is 0. The smallest absolute Gasteiger partial charge is 0.286 e. The fourth-order valence-electron chi connectivity index (χ4n) is 2.89. The summed E-state index contributed by atoms with van der Waals surface area (Å²) in [5.74, 6) is -0.132. The second-order valence-electron chi connectivity index (χ2n) is 5.66. The number of hydrogen-bond donors (Lipinski definition) is 0. The number of fused-ring (bicyclic) bond motifs is 1. The van der Waals surface area contributed by atoms with E-state index in [-0.39, 0.29) is 5.91 Å². The van der Waals surface area contributed by atoms with E-state index in [1.54, 1.807) is 0 Å². The Kier molecular flexibility index (Phi) is 3.75. The molecule has 1 amide bonds. The third kappa shape index (κ3) is 2.94. The van der Waals surface area contributed by atoms with Crippen LogP contribution in [0, 0.1) is 0 Å². The highest BCUT2D eigenvalue weighted by Gasteiger charge is 2.28. The van der Waals surface area contributed by atoms with Gasteiger partial charge in [-0.1, -0.05) is 54.6 Å². The molecule has 0 spiro atoms. The van der Waals surface area contributed by atoms with E-state index in [1.165, 1.54) is 22.9 Å². The normalized spacial score (nSPS) is 19.0. The van der Waals surface area contributed by atoms with Gasteiger partial charge in [0.1, 0.15) is 0 Å². The van der Waals surface area contributed by atoms with E-state index in [1.807, 2.05) is 36.4 Å². The lowest BCUT2D eigenvalue weighted by Gasteiger charge is -2.29. The molecule has 0 atom stereocenters. The zero-order valence-electron chi connectivity index (χ0n) is 12.6. The number of hydrogen-bond acceptors (Lipinski definition) is 3. The molecule has 0 saturated heterocycles. The van der Waals surface area contributed by atoms with E-state index in [0.717, 1.165) is 30.2 Å². The molecule has 0 bridgehead atoms. The standard InChI is InChI=1S/C19H16N2OS/c22-18-17(12-14-6-2-1-3-7-14)23-19(20-18)21-11-10-15-8-4-5-9-16(15)13-21/h1-9,12H,10-11,13H2/b17-12+. The SMILES string of the molecule is O=C1N=C(N2CCc3ccccc3C2)S/C1=C/c1ccccc1. The van der Waals surface area contributed by atoms with Gasteiger partial charge in [-0.3, -0.25) is 4.79 Å². The maximum atomic E-state index is 12.2. The van der Waals surface area contributed by atoms with Crippen molar-refractivity contribution in [3.63, 3.8) is 0 Å². The van der Waals surface area contributed by atoms with Crippen molar-refractivity contribution in [1.82, 2.24) is 4.90 Å². The predicted molar refractivity (Wildman–Crippen MR) is 95.0 cm³/mol. The van der Waals surface area contributed by atoms with Crippen molar-refractivity contribution in [2.45, 2.75) is 13.0 Å². The van der Waals surface area contributed by atoms with Crippen molar-refractivity contribution in [2.75, 3.05) is 6.54 Å². The lowest BCUT2D eigenvalue weighted by molar-refractivity contribution is -0.113. The number of benzene rings is 2. The van der Waals surface area contributed by atoms with Gasteiger partial charge in [-0.15, -0.1) is 0 Å². The Labute approximate surface area is 139 Å². The van der Waals surface area contributed by atoms with Gasteiger partial charge in [0.25, 0.3) is 5.91 Å². The van der Waals surface area contributed by atoms with Crippen LogP contribution in [0.1, 0.15) is 16.7 Å². The molecule has 0 aliphatic carbocycles. The van der Waals surface area contributed by atoms with Crippen molar-refractivity contribution in [2.24, 2.45) is 4.99 Å². The maximum absolute atomic E-state index is 12.2. The second-order valence-corrected chi connectivity index (χ2v) is 6.67. The van der Waals surface area contributed by atoms with Gasteiger partial charge < -0.3 is 4.90 Å². The Bertz CT molecular complexity index is 811. The molecule has 0 aromatic heterocycles. The number of rotatable bonds is 1. The fourth-order valence-corrected chi connectivity index (χ4v) is 3.83. The molecule has 2 aliphatic rings. The predicted octanol–water partition coefficient (Wildman–Crippen LogP) is 3.72. The largest absolute Gasteiger partial charge is 0.346 e. The van der Waals surface area contributed by atoms with E-state index < -0.39 is 0 Å². The molecule has 2 heterocycles. The Balaban J connectivity index is 1.53. The van der Waals surface area contributed by atoms with Crippen LogP contribution in [0.25, 0.3) is 6.08 Å². The number of nitrogens with zero attached hydrogens (tertiary/aromatic N) is 2. The van der Waals surface area contributed by atoms with Crippen LogP contribution >= 0.6 is 11.8 Å². The first-order valence-electron chi connectivity index (χ1n) is 7.69. The highest BCUT2D eigenvalue weighted by atomic mass is 32.2. The van der Waals surface area contributed by atoms with E-state index in [0.29, 0.717) is 4.91 Å². The molecule has 23 heavy (non-hydrogen) atoms. The maximum Gasteiger partial charge on any atom is 0.286 e. The second kappa shape index (κ2) is 6.05. The van der Waals surface area contributed by atoms with E-state index in [4.69, 9.17) is 0 Å². The first-order chi connectivity index (χ1) is 11.3. The molecule has 4 rings (SSSR count). The number of carbonyl (C=O) groups excluding carboxylic acids is 1. The molecule has 2 aromatic rings. The van der Waals surface area contributed by atoms with Crippen molar-refractivity contribution in [3.8, 4) is 0 Å². The summed E-state index contributed by atoms with van der Waals surface area (Å²) in [5, 5.41) is 0.826. The third-order valence-corrected chi connectivity index (χ3v) is 5.15. The van der Waals surface area contributed by atoms with Gasteiger partial charge in [-0.2, -0.15) is 4.99 Å². The summed E-state index contributed by atoms with van der Waals surface area (Å²) >= 11 is 1.48. The van der Waals surface area contributed by atoms with Crippen LogP contribution in [-0.4, -0.2) is 22.5 Å². The lowest BCUT2D eigenvalue weighted by Crippen LogP contribution is -2.33. The fraction of sp³-hybridized carbons (Fsp3) is 0.158. The monoisotopic (exact) mass is 320 g/mol. The number of aliphatic imine (C=N–C) groups is 1. The van der Waals surface area contributed by atoms with Crippen molar-refractivity contribution in [1.29, 1.82) is 0 Å². The minimum atomic E-state index is -0.132. The molecule has 3 nitrogen and oxygen atoms in total. The van der Waals surface area contributed by atoms with Gasteiger partial charge in [0.05, 0.1) is 4.91 Å². The van der Waals surface area contributed by atoms with Gasteiger partial charge in [0.2, 0.25) is 0 Å². The first kappa shape index (κ1) is 14.3. The molecular weight excluding hydrogens is 304 g/mol. The molecule has 0 N–H and O–H groups in total. The van der Waals surface area contributed by atoms with Gasteiger partial charge in [0.15, 0.2) is 5.17 Å². The summed E-state index contributed by atoms with van der Waals surface area (Å²) in [6, 6.07) is 18.4. The van der Waals surface area contributed by atoms with Crippen molar-refractivity contribution in [3.05, 3.63) is 76.2 Å². The zero-order valence-corrected chi connectivity index (χ0v) is 13.4. The molecule has 4 heteroatoms. The molecule has 0 fully saturated rings. The van der Waals surface area contributed by atoms with E-state index in [2.05, 4.69) is 34.2 Å². The van der Waals surface area contributed by atoms with Crippen LogP contribution in [0.15, 0.2) is 64.5 Å². The first-order valence-corrected chi connectivity index (χ1v) is 8.50. The highest BCUT2D eigenvalue weighted by molar-refractivity contribution is 8.18. The molecule has 0 saturated carbocycles. The molecule has 2 aliphatic heterocycles. The summed E-state index contributed by atoms with van der Waals surface area (Å²) in [7, 11) is 0. The quantitative estimate of drug-likeness (QED) is 0.751. The molecule has 2 aromatic carbocycles. The highest BCUT2D eigenvalue weighted by Crippen LogP contribution is 2.32. The topological polar surface area (TPSA) is 32.7 Å². The Morgan fingerprint density at radius 1 is 1.00 bits per heavy atom. The number of carbonyl (C=O) groups is 1. The van der Waals surface area contributed by atoms with Crippen molar-refractivity contribution >= 4 is 28.9 Å². The molecular formula is C19H16N2OS. The van der Waals surface area contributed by atoms with Gasteiger partial charge in [0, 0.05) is 13.1 Å². The molecule has 114 valence electrons. The Morgan fingerprint density at radius 3 is 2.57 bits per heavy atom. The number of amides is 1. The summed E-state index contributed by atoms with van der Waals surface area (Å²) in [6.45, 7) is 1.74. The minimum Gasteiger partial charge on any atom is -0.346 e. The van der Waals surface area contributed by atoms with Crippen LogP contribution in [0.4, 0.5) is 0 Å². The van der Waals surface area contributed by atoms with Crippen molar-refractivity contribution < 1.29 is 4.79 Å². The summed E-state index contributed by atoms with van der Waals surface area (Å²) in [6.07, 6.45) is 2.92. The van der Waals surface area contributed by atoms with Gasteiger partial charge in [-0.25, -0.2) is 0 Å². The van der Waals surface area contributed by atoms with Crippen LogP contribution in [0.5, 0.6) is 0 Å². The van der Waals surface area contributed by atoms with E-state index >= 15 is 0 Å². The van der Waals surface area contributed by atoms with Crippen LogP contribution < -0.4 is 0 Å². The Hall–Kier alpha value is -2.33. The van der Waals surface area contributed by atoms with Crippen LogP contribution in [0.2, 0.25) is 0 Å². The average Bonchev–Trinajstić information content (AvgIpc) is 2.96. The van der Waals surface area contributed by atoms with Crippen LogP contribution in [0.3, 0.4) is 0 Å². The van der Waals surface area contributed by atoms with Gasteiger partial charge in [-0.05, 0) is 40.9 Å². The molecule has 0 unspecified atom stereocenters. The zero-order chi connectivity index (χ0) is 15.6. The Morgan fingerprint density at radius 2 is 1.74 bits per heavy atom. The average molecular weight is 320 g/mol. The minimum absolute atomic E-state index is 0.132. The summed E-state index contributed by atoms with van der Waals surface area (Å²) in [5.41, 5.74) is 3.76.